The molecule has 3 rings (SSSR count). The highest BCUT2D eigenvalue weighted by Crippen LogP contribution is 2.35. The average Bonchev–Trinajstić information content (AvgIpc) is 2.91. The quantitative estimate of drug-likeness (QED) is 0.939. The predicted octanol–water partition coefficient (Wildman–Crippen LogP) is 2.55. The van der Waals surface area contributed by atoms with Gasteiger partial charge in [-0.2, -0.15) is 0 Å². The van der Waals surface area contributed by atoms with Gasteiger partial charge in [0.1, 0.15) is 0 Å². The van der Waals surface area contributed by atoms with Gasteiger partial charge in [-0.15, -0.1) is 11.3 Å². The van der Waals surface area contributed by atoms with Crippen molar-refractivity contribution in [3.63, 3.8) is 0 Å². The second kappa shape index (κ2) is 5.89. The van der Waals surface area contributed by atoms with Crippen LogP contribution in [0.5, 0.6) is 0 Å². The number of aryl methyl sites for hydroxylation is 1. The molecule has 1 aliphatic carbocycles. The van der Waals surface area contributed by atoms with Gasteiger partial charge in [-0.25, -0.2) is 4.98 Å². The first-order chi connectivity index (χ1) is 9.74. The zero-order valence-electron chi connectivity index (χ0n) is 11.7. The molecule has 2 heterocycles. The number of anilines is 1. The molecule has 0 saturated carbocycles. The zero-order chi connectivity index (χ0) is 13.9. The number of likely N-dealkylation sites (N-methyl/N-ethyl adjacent to an activating group) is 1. The monoisotopic (exact) mass is 288 g/mol. The number of fused-ring (bicyclic) bond motifs is 1. The molecule has 5 heteroatoms. The molecule has 1 aliphatic rings. The maximum Gasteiger partial charge on any atom is 0.185 e. The lowest BCUT2D eigenvalue weighted by atomic mass is 9.99. The van der Waals surface area contributed by atoms with Crippen molar-refractivity contribution in [3.05, 3.63) is 40.7 Å². The number of hydrogen-bond donors (Lipinski definition) is 1. The van der Waals surface area contributed by atoms with Crippen molar-refractivity contribution in [2.24, 2.45) is 5.73 Å². The number of pyridine rings is 1. The molecule has 2 aromatic rings. The number of thiazole rings is 1. The summed E-state index contributed by atoms with van der Waals surface area (Å²) in [4.78, 5) is 12.6. The van der Waals surface area contributed by atoms with E-state index in [1.807, 2.05) is 18.3 Å². The minimum atomic E-state index is 0.189. The van der Waals surface area contributed by atoms with Crippen LogP contribution >= 0.6 is 11.3 Å². The summed E-state index contributed by atoms with van der Waals surface area (Å²) in [6.45, 7) is 0.929. The van der Waals surface area contributed by atoms with Crippen LogP contribution in [0.3, 0.4) is 0 Å². The molecule has 106 valence electrons. The molecule has 0 fully saturated rings. The van der Waals surface area contributed by atoms with E-state index in [1.54, 1.807) is 11.3 Å². The Morgan fingerprint density at radius 3 is 3.10 bits per heavy atom. The first-order valence-electron chi connectivity index (χ1n) is 7.10. The van der Waals surface area contributed by atoms with Crippen molar-refractivity contribution in [1.82, 2.24) is 9.97 Å². The molecule has 0 bridgehead atoms. The molecule has 20 heavy (non-hydrogen) atoms. The predicted molar refractivity (Wildman–Crippen MR) is 83.2 cm³/mol. The van der Waals surface area contributed by atoms with Crippen LogP contribution in [0.15, 0.2) is 24.4 Å². The first kappa shape index (κ1) is 13.5. The SMILES string of the molecule is CN(CCc1ccccn1)c1nc2c(s1)C(N)CCC2. The summed E-state index contributed by atoms with van der Waals surface area (Å²) in [6.07, 6.45) is 6.11. The largest absolute Gasteiger partial charge is 0.351 e. The number of hydrogen-bond acceptors (Lipinski definition) is 5. The van der Waals surface area contributed by atoms with E-state index in [0.717, 1.165) is 43.1 Å². The summed E-state index contributed by atoms with van der Waals surface area (Å²) in [6, 6.07) is 6.23. The third kappa shape index (κ3) is 2.83. The maximum absolute atomic E-state index is 6.17. The lowest BCUT2D eigenvalue weighted by Gasteiger charge is -2.15. The maximum atomic E-state index is 6.17. The van der Waals surface area contributed by atoms with E-state index in [0.29, 0.717) is 0 Å². The van der Waals surface area contributed by atoms with Gasteiger partial charge in [-0.05, 0) is 31.4 Å². The fraction of sp³-hybridized carbons (Fsp3) is 0.467. The highest BCUT2D eigenvalue weighted by Gasteiger charge is 2.22. The van der Waals surface area contributed by atoms with Gasteiger partial charge in [0.05, 0.1) is 5.69 Å². The van der Waals surface area contributed by atoms with Crippen molar-refractivity contribution in [3.8, 4) is 0 Å². The lowest BCUT2D eigenvalue weighted by Crippen LogP contribution is -2.20. The number of aromatic nitrogens is 2. The minimum Gasteiger partial charge on any atom is -0.351 e. The molecule has 0 spiro atoms. The summed E-state index contributed by atoms with van der Waals surface area (Å²) in [5.41, 5.74) is 8.51. The highest BCUT2D eigenvalue weighted by molar-refractivity contribution is 7.15. The van der Waals surface area contributed by atoms with Crippen LogP contribution in [-0.4, -0.2) is 23.6 Å². The fourth-order valence-electron chi connectivity index (χ4n) is 2.53. The van der Waals surface area contributed by atoms with Gasteiger partial charge in [-0.3, -0.25) is 4.98 Å². The van der Waals surface area contributed by atoms with Crippen LogP contribution in [0.25, 0.3) is 0 Å². The van der Waals surface area contributed by atoms with Crippen LogP contribution in [0.4, 0.5) is 5.13 Å². The van der Waals surface area contributed by atoms with Crippen molar-refractivity contribution in [2.75, 3.05) is 18.5 Å². The third-order valence-electron chi connectivity index (χ3n) is 3.74. The molecule has 0 aromatic carbocycles. The van der Waals surface area contributed by atoms with Gasteiger partial charge in [0, 0.05) is 42.8 Å². The standard InChI is InChI=1S/C15H20N4S/c1-19(10-8-11-5-2-3-9-17-11)15-18-13-7-4-6-12(16)14(13)20-15/h2-3,5,9,12H,4,6-8,10,16H2,1H3. The van der Waals surface area contributed by atoms with Crippen molar-refractivity contribution >= 4 is 16.5 Å². The van der Waals surface area contributed by atoms with Crippen LogP contribution in [0.1, 0.15) is 35.1 Å². The van der Waals surface area contributed by atoms with Gasteiger partial charge in [0.2, 0.25) is 0 Å². The van der Waals surface area contributed by atoms with Crippen LogP contribution in [0.2, 0.25) is 0 Å². The summed E-state index contributed by atoms with van der Waals surface area (Å²) < 4.78 is 0. The van der Waals surface area contributed by atoms with E-state index in [-0.39, 0.29) is 6.04 Å². The second-order valence-corrected chi connectivity index (χ2v) is 6.31. The van der Waals surface area contributed by atoms with Crippen molar-refractivity contribution in [2.45, 2.75) is 31.7 Å². The summed E-state index contributed by atoms with van der Waals surface area (Å²) >= 11 is 1.76. The van der Waals surface area contributed by atoms with Crippen LogP contribution in [-0.2, 0) is 12.8 Å². The minimum absolute atomic E-state index is 0.189. The zero-order valence-corrected chi connectivity index (χ0v) is 12.6. The van der Waals surface area contributed by atoms with E-state index >= 15 is 0 Å². The summed E-state index contributed by atoms with van der Waals surface area (Å²) in [5.74, 6) is 0. The van der Waals surface area contributed by atoms with Crippen molar-refractivity contribution < 1.29 is 0 Å². The molecule has 0 radical (unpaired) electrons. The molecular weight excluding hydrogens is 268 g/mol. The van der Waals surface area contributed by atoms with Gasteiger partial charge >= 0.3 is 0 Å². The number of rotatable bonds is 4. The Kier molecular flexibility index (Phi) is 3.98. The van der Waals surface area contributed by atoms with Gasteiger partial charge in [0.25, 0.3) is 0 Å². The van der Waals surface area contributed by atoms with E-state index < -0.39 is 0 Å². The van der Waals surface area contributed by atoms with Crippen molar-refractivity contribution in [1.29, 1.82) is 0 Å². The molecule has 1 atom stereocenters. The fourth-order valence-corrected chi connectivity index (χ4v) is 3.66. The molecule has 0 saturated heterocycles. The Bertz CT molecular complexity index is 567. The Hall–Kier alpha value is -1.46. The molecule has 2 aromatic heterocycles. The lowest BCUT2D eigenvalue weighted by molar-refractivity contribution is 0.573. The number of nitrogens with two attached hydrogens (primary N) is 1. The number of nitrogens with zero attached hydrogens (tertiary/aromatic N) is 3. The second-order valence-electron chi connectivity index (χ2n) is 5.30. The topological polar surface area (TPSA) is 55.0 Å². The molecule has 0 aliphatic heterocycles. The van der Waals surface area contributed by atoms with Gasteiger partial charge in [-0.1, -0.05) is 6.07 Å². The Balaban J connectivity index is 1.67. The molecule has 0 amide bonds. The first-order valence-corrected chi connectivity index (χ1v) is 7.92. The Morgan fingerprint density at radius 2 is 2.35 bits per heavy atom. The summed E-state index contributed by atoms with van der Waals surface area (Å²) in [5, 5.41) is 1.09. The van der Waals surface area contributed by atoms with Gasteiger partial charge in [0.15, 0.2) is 5.13 Å². The normalized spacial score (nSPS) is 17.8. The van der Waals surface area contributed by atoms with E-state index in [9.17, 15) is 0 Å². The molecular formula is C15H20N4S. The summed E-state index contributed by atoms with van der Waals surface area (Å²) in [7, 11) is 2.10. The smallest absolute Gasteiger partial charge is 0.185 e. The average molecular weight is 288 g/mol. The van der Waals surface area contributed by atoms with Crippen LogP contribution in [0, 0.1) is 0 Å². The highest BCUT2D eigenvalue weighted by atomic mass is 32.1. The Morgan fingerprint density at radius 1 is 1.45 bits per heavy atom. The Labute approximate surface area is 123 Å². The van der Waals surface area contributed by atoms with Crippen LogP contribution < -0.4 is 10.6 Å². The molecule has 2 N–H and O–H groups in total. The third-order valence-corrected chi connectivity index (χ3v) is 5.08. The molecule has 4 nitrogen and oxygen atoms in total. The van der Waals surface area contributed by atoms with Gasteiger partial charge < -0.3 is 10.6 Å². The van der Waals surface area contributed by atoms with E-state index in [4.69, 9.17) is 10.7 Å². The molecule has 1 unspecified atom stereocenters. The van der Waals surface area contributed by atoms with E-state index in [2.05, 4.69) is 23.0 Å². The van der Waals surface area contributed by atoms with E-state index in [1.165, 1.54) is 10.6 Å².